The molecule has 0 saturated carbocycles. The highest BCUT2D eigenvalue weighted by Crippen LogP contribution is 2.08. The number of H-pyrrole nitrogens is 1. The highest BCUT2D eigenvalue weighted by atomic mass is 16.4. The minimum Gasteiger partial charge on any atom is -0.480 e. The number of unbranched alkanes of at least 4 members (excludes halogenated alkanes) is 1. The molecule has 194 valence electrons. The first-order valence-electron chi connectivity index (χ1n) is 11.5. The van der Waals surface area contributed by atoms with Crippen molar-refractivity contribution < 1.29 is 29.1 Å². The van der Waals surface area contributed by atoms with E-state index in [0.29, 0.717) is 38.0 Å². The summed E-state index contributed by atoms with van der Waals surface area (Å²) in [6.45, 7) is 1.06. The molecule has 1 aromatic rings. The molecule has 1 aliphatic heterocycles. The third-order valence-electron chi connectivity index (χ3n) is 5.59. The molecular formula is C21H34N8O6. The number of aliphatic carboxylic acids is 1. The molecule has 0 aliphatic carbocycles. The molecule has 10 N–H and O–H groups in total. The summed E-state index contributed by atoms with van der Waals surface area (Å²) in [5, 5.41) is 19.9. The van der Waals surface area contributed by atoms with Gasteiger partial charge in [0.05, 0.1) is 18.8 Å². The summed E-state index contributed by atoms with van der Waals surface area (Å²) in [4.78, 5) is 68.4. The predicted octanol–water partition coefficient (Wildman–Crippen LogP) is -2.75. The molecule has 4 amide bonds. The molecule has 2 heterocycles. The summed E-state index contributed by atoms with van der Waals surface area (Å²) in [5.41, 5.74) is 11.2. The van der Waals surface area contributed by atoms with Crippen LogP contribution in [0.3, 0.4) is 0 Å². The van der Waals surface area contributed by atoms with Crippen LogP contribution in [0.4, 0.5) is 0 Å². The van der Waals surface area contributed by atoms with Gasteiger partial charge in [-0.1, -0.05) is 0 Å². The zero-order chi connectivity index (χ0) is 25.8. The molecule has 2 rings (SSSR count). The molecule has 0 aromatic carbocycles. The number of nitrogens with one attached hydrogen (secondary N) is 5. The second kappa shape index (κ2) is 14.0. The fourth-order valence-corrected chi connectivity index (χ4v) is 3.71. The van der Waals surface area contributed by atoms with Gasteiger partial charge >= 0.3 is 5.97 Å². The SMILES string of the molecule is NCCCCC(NC(=O)C(CC(N)=O)NC(=O)C(Cc1cnc[nH]1)NC(=O)C1CCCN1)C(=O)O. The second-order valence-electron chi connectivity index (χ2n) is 8.41. The highest BCUT2D eigenvalue weighted by Gasteiger charge is 2.32. The Morgan fingerprint density at radius 3 is 2.37 bits per heavy atom. The number of imidazole rings is 1. The average molecular weight is 495 g/mol. The Kier molecular flexibility index (Phi) is 11.1. The quantitative estimate of drug-likeness (QED) is 0.118. The second-order valence-corrected chi connectivity index (χ2v) is 8.41. The molecule has 1 fully saturated rings. The van der Waals surface area contributed by atoms with E-state index in [-0.39, 0.29) is 18.7 Å². The van der Waals surface area contributed by atoms with E-state index >= 15 is 0 Å². The Morgan fingerprint density at radius 1 is 1.09 bits per heavy atom. The zero-order valence-corrected chi connectivity index (χ0v) is 19.4. The lowest BCUT2D eigenvalue weighted by Crippen LogP contribution is -2.58. The van der Waals surface area contributed by atoms with Crippen molar-refractivity contribution in [2.45, 2.75) is 69.1 Å². The number of carbonyl (C=O) groups excluding carboxylic acids is 4. The zero-order valence-electron chi connectivity index (χ0n) is 19.4. The van der Waals surface area contributed by atoms with Crippen molar-refractivity contribution in [1.29, 1.82) is 0 Å². The first-order chi connectivity index (χ1) is 16.7. The van der Waals surface area contributed by atoms with Crippen molar-refractivity contribution in [2.24, 2.45) is 11.5 Å². The number of carbonyl (C=O) groups is 5. The molecule has 1 aliphatic rings. The monoisotopic (exact) mass is 494 g/mol. The number of hydrogen-bond donors (Lipinski definition) is 8. The Morgan fingerprint density at radius 2 is 1.80 bits per heavy atom. The Balaban J connectivity index is 2.12. The average Bonchev–Trinajstić information content (AvgIpc) is 3.51. The fraction of sp³-hybridized carbons (Fsp3) is 0.619. The minimum absolute atomic E-state index is 0.0477. The number of amides is 4. The molecular weight excluding hydrogens is 460 g/mol. The molecule has 4 unspecified atom stereocenters. The van der Waals surface area contributed by atoms with Gasteiger partial charge in [-0.2, -0.15) is 0 Å². The number of nitrogens with zero attached hydrogens (tertiary/aromatic N) is 1. The molecule has 0 radical (unpaired) electrons. The molecule has 0 bridgehead atoms. The van der Waals surface area contributed by atoms with E-state index in [0.717, 1.165) is 6.42 Å². The number of carboxylic acids is 1. The molecule has 35 heavy (non-hydrogen) atoms. The normalized spacial score (nSPS) is 17.7. The van der Waals surface area contributed by atoms with Crippen molar-refractivity contribution in [3.63, 3.8) is 0 Å². The van der Waals surface area contributed by atoms with Gasteiger partial charge < -0.3 is 42.8 Å². The summed E-state index contributed by atoms with van der Waals surface area (Å²) < 4.78 is 0. The molecule has 1 aromatic heterocycles. The van der Waals surface area contributed by atoms with Crippen LogP contribution in [-0.4, -0.2) is 81.9 Å². The van der Waals surface area contributed by atoms with Crippen LogP contribution in [0.25, 0.3) is 0 Å². The maximum atomic E-state index is 13.1. The lowest BCUT2D eigenvalue weighted by Gasteiger charge is -2.24. The van der Waals surface area contributed by atoms with Crippen molar-refractivity contribution in [1.82, 2.24) is 31.2 Å². The van der Waals surface area contributed by atoms with E-state index in [9.17, 15) is 29.1 Å². The number of nitrogens with two attached hydrogens (primary N) is 2. The van der Waals surface area contributed by atoms with Crippen molar-refractivity contribution in [3.8, 4) is 0 Å². The predicted molar refractivity (Wildman–Crippen MR) is 123 cm³/mol. The fourth-order valence-electron chi connectivity index (χ4n) is 3.71. The van der Waals surface area contributed by atoms with Crippen LogP contribution in [-0.2, 0) is 30.4 Å². The molecule has 0 spiro atoms. The largest absolute Gasteiger partial charge is 0.480 e. The van der Waals surface area contributed by atoms with Gasteiger partial charge in [-0.15, -0.1) is 0 Å². The van der Waals surface area contributed by atoms with Gasteiger partial charge in [0.25, 0.3) is 0 Å². The number of carboxylic acid groups (broad SMARTS) is 1. The first-order valence-corrected chi connectivity index (χ1v) is 11.5. The number of aromatic amines is 1. The van der Waals surface area contributed by atoms with E-state index in [1.54, 1.807) is 0 Å². The van der Waals surface area contributed by atoms with Crippen LogP contribution in [0.5, 0.6) is 0 Å². The minimum atomic E-state index is -1.43. The van der Waals surface area contributed by atoms with E-state index in [2.05, 4.69) is 31.2 Å². The maximum absolute atomic E-state index is 13.1. The topological polar surface area (TPSA) is 234 Å². The highest BCUT2D eigenvalue weighted by molar-refractivity contribution is 5.96. The van der Waals surface area contributed by atoms with Crippen molar-refractivity contribution >= 4 is 29.6 Å². The van der Waals surface area contributed by atoms with E-state index in [1.165, 1.54) is 12.5 Å². The van der Waals surface area contributed by atoms with Crippen LogP contribution in [0.2, 0.25) is 0 Å². The third-order valence-corrected chi connectivity index (χ3v) is 5.59. The van der Waals surface area contributed by atoms with Crippen LogP contribution in [0.15, 0.2) is 12.5 Å². The van der Waals surface area contributed by atoms with Gasteiger partial charge in [0.1, 0.15) is 18.1 Å². The number of hydrogen-bond acceptors (Lipinski definition) is 8. The summed E-state index contributed by atoms with van der Waals surface area (Å²) >= 11 is 0. The van der Waals surface area contributed by atoms with Gasteiger partial charge in [-0.05, 0) is 45.2 Å². The lowest BCUT2D eigenvalue weighted by molar-refractivity contribution is -0.142. The van der Waals surface area contributed by atoms with Gasteiger partial charge in [0.2, 0.25) is 23.6 Å². The van der Waals surface area contributed by atoms with E-state index in [4.69, 9.17) is 11.5 Å². The van der Waals surface area contributed by atoms with Gasteiger partial charge in [0, 0.05) is 18.3 Å². The summed E-state index contributed by atoms with van der Waals surface area (Å²) in [5.74, 6) is -4.11. The Hall–Kier alpha value is -3.52. The summed E-state index contributed by atoms with van der Waals surface area (Å²) in [6.07, 6.45) is 5.03. The Labute approximate surface area is 202 Å². The van der Waals surface area contributed by atoms with E-state index in [1.807, 2.05) is 0 Å². The van der Waals surface area contributed by atoms with Crippen LogP contribution in [0.1, 0.15) is 44.2 Å². The molecule has 4 atom stereocenters. The number of aromatic nitrogens is 2. The van der Waals surface area contributed by atoms with Gasteiger partial charge in [0.15, 0.2) is 0 Å². The summed E-state index contributed by atoms with van der Waals surface area (Å²) in [6, 6.07) is -4.19. The molecule has 14 heteroatoms. The van der Waals surface area contributed by atoms with Crippen molar-refractivity contribution in [3.05, 3.63) is 18.2 Å². The summed E-state index contributed by atoms with van der Waals surface area (Å²) in [7, 11) is 0. The molecule has 14 nitrogen and oxygen atoms in total. The third kappa shape index (κ3) is 9.33. The van der Waals surface area contributed by atoms with E-state index < -0.39 is 54.3 Å². The van der Waals surface area contributed by atoms with Gasteiger partial charge in [-0.25, -0.2) is 9.78 Å². The smallest absolute Gasteiger partial charge is 0.326 e. The van der Waals surface area contributed by atoms with Gasteiger partial charge in [-0.3, -0.25) is 19.2 Å². The van der Waals surface area contributed by atoms with Crippen LogP contribution in [0, 0.1) is 0 Å². The Bertz CT molecular complexity index is 871. The van der Waals surface area contributed by atoms with Crippen LogP contribution < -0.4 is 32.7 Å². The standard InChI is InChI=1S/C21H34N8O6/c22-6-2-1-4-14(21(34)35)27-20(33)16(9-17(23)30)29-19(32)15(8-12-10-24-11-26-12)28-18(31)13-5-3-7-25-13/h10-11,13-16,25H,1-9,22H2,(H2,23,30)(H,24,26)(H,27,33)(H,28,31)(H,29,32)(H,34,35). The van der Waals surface area contributed by atoms with Crippen LogP contribution >= 0.6 is 0 Å². The lowest BCUT2D eigenvalue weighted by atomic mass is 10.1. The first kappa shape index (κ1) is 27.7. The maximum Gasteiger partial charge on any atom is 0.326 e. The van der Waals surface area contributed by atoms with Crippen molar-refractivity contribution in [2.75, 3.05) is 13.1 Å². The molecule has 1 saturated heterocycles. The number of primary amides is 1. The number of rotatable bonds is 15.